The maximum Gasteiger partial charge on any atom is 0.220 e. The van der Waals surface area contributed by atoms with Gasteiger partial charge in [-0.3, -0.25) is 4.79 Å². The Hall–Kier alpha value is -1.17. The van der Waals surface area contributed by atoms with Gasteiger partial charge in [-0.1, -0.05) is 192 Å². The second-order valence-corrected chi connectivity index (χ2v) is 14.9. The lowest BCUT2D eigenvalue weighted by atomic mass is 10.0. The summed E-state index contributed by atoms with van der Waals surface area (Å²) in [5, 5.41) is 33.4. The van der Waals surface area contributed by atoms with Crippen LogP contribution in [0.5, 0.6) is 0 Å². The number of unbranched alkanes of at least 4 members (excludes halogenated alkanes) is 27. The molecule has 5 nitrogen and oxygen atoms in total. The molecule has 0 rings (SSSR count). The lowest BCUT2D eigenvalue weighted by Gasteiger charge is -2.26. The summed E-state index contributed by atoms with van der Waals surface area (Å²) in [4.78, 5) is 12.3. The highest BCUT2D eigenvalue weighted by molar-refractivity contribution is 5.76. The molecule has 1 amide bonds. The highest BCUT2D eigenvalue weighted by Gasteiger charge is 2.26. The number of carbonyl (C=O) groups excluding carboxylic acids is 1. The van der Waals surface area contributed by atoms with Crippen molar-refractivity contribution in [3.05, 3.63) is 24.3 Å². The molecule has 49 heavy (non-hydrogen) atoms. The average molecular weight is 692 g/mol. The third kappa shape index (κ3) is 35.0. The first-order valence-electron chi connectivity index (χ1n) is 21.6. The SMILES string of the molecule is CCCCCCCCCCCCCCCCC/C=C/CC/C=C/CCCC(O)C(O)C(CO)NC(=O)CCCCCCCCCCCCC. The zero-order valence-electron chi connectivity index (χ0n) is 32.8. The van der Waals surface area contributed by atoms with Gasteiger partial charge in [-0.15, -0.1) is 0 Å². The molecule has 0 aromatic rings. The van der Waals surface area contributed by atoms with E-state index >= 15 is 0 Å². The lowest BCUT2D eigenvalue weighted by Crippen LogP contribution is -2.50. The van der Waals surface area contributed by atoms with Gasteiger partial charge in [0.25, 0.3) is 0 Å². The molecule has 0 fully saturated rings. The van der Waals surface area contributed by atoms with Crippen LogP contribution in [-0.2, 0) is 4.79 Å². The largest absolute Gasteiger partial charge is 0.394 e. The number of aliphatic hydroxyl groups excluding tert-OH is 3. The first kappa shape index (κ1) is 47.8. The van der Waals surface area contributed by atoms with Crippen LogP contribution in [0, 0.1) is 0 Å². The van der Waals surface area contributed by atoms with Crippen molar-refractivity contribution >= 4 is 5.91 Å². The molecule has 0 saturated carbocycles. The summed E-state index contributed by atoms with van der Waals surface area (Å²) in [5.74, 6) is -0.159. The molecule has 3 unspecified atom stereocenters. The number of hydrogen-bond acceptors (Lipinski definition) is 4. The van der Waals surface area contributed by atoms with Crippen LogP contribution in [0.1, 0.15) is 226 Å². The molecular weight excluding hydrogens is 606 g/mol. The molecule has 0 spiro atoms. The Bertz CT molecular complexity index is 724. The van der Waals surface area contributed by atoms with Gasteiger partial charge in [-0.25, -0.2) is 0 Å². The highest BCUT2D eigenvalue weighted by atomic mass is 16.3. The maximum atomic E-state index is 12.3. The fourth-order valence-corrected chi connectivity index (χ4v) is 6.65. The standard InChI is InChI=1S/C44H85NO4/c1-3-5-7-9-11-13-15-16-17-18-19-20-21-22-23-24-25-26-27-29-30-32-34-36-38-42(47)44(49)41(40-46)45-43(48)39-37-35-33-31-28-14-12-10-8-6-4-2/h25-26,30,32,41-42,44,46-47,49H,3-24,27-29,31,33-40H2,1-2H3,(H,45,48)/b26-25+,32-30+. The van der Waals surface area contributed by atoms with Crippen molar-refractivity contribution in [2.75, 3.05) is 6.61 Å². The second-order valence-electron chi connectivity index (χ2n) is 14.9. The monoisotopic (exact) mass is 692 g/mol. The number of allylic oxidation sites excluding steroid dienone is 4. The van der Waals surface area contributed by atoms with Crippen LogP contribution in [0.3, 0.4) is 0 Å². The lowest BCUT2D eigenvalue weighted by molar-refractivity contribution is -0.124. The van der Waals surface area contributed by atoms with Crippen molar-refractivity contribution in [3.63, 3.8) is 0 Å². The van der Waals surface area contributed by atoms with E-state index in [-0.39, 0.29) is 12.5 Å². The molecule has 0 radical (unpaired) electrons. The summed E-state index contributed by atoms with van der Waals surface area (Å²) >= 11 is 0. The molecule has 4 N–H and O–H groups in total. The van der Waals surface area contributed by atoms with Crippen LogP contribution in [0.25, 0.3) is 0 Å². The molecule has 5 heteroatoms. The number of hydrogen-bond donors (Lipinski definition) is 4. The van der Waals surface area contributed by atoms with E-state index in [1.807, 2.05) is 0 Å². The molecule has 0 aromatic carbocycles. The van der Waals surface area contributed by atoms with E-state index in [1.54, 1.807) is 0 Å². The predicted octanol–water partition coefficient (Wildman–Crippen LogP) is 12.2. The van der Waals surface area contributed by atoms with Crippen LogP contribution in [-0.4, -0.2) is 46.1 Å². The molecule has 0 aliphatic heterocycles. The highest BCUT2D eigenvalue weighted by Crippen LogP contribution is 2.15. The molecule has 290 valence electrons. The zero-order chi connectivity index (χ0) is 35.9. The van der Waals surface area contributed by atoms with Crippen molar-refractivity contribution in [1.82, 2.24) is 5.32 Å². The Labute approximate surface area is 305 Å². The van der Waals surface area contributed by atoms with Crippen LogP contribution >= 0.6 is 0 Å². The van der Waals surface area contributed by atoms with Gasteiger partial charge >= 0.3 is 0 Å². The third-order valence-corrected chi connectivity index (χ3v) is 10.0. The van der Waals surface area contributed by atoms with Gasteiger partial charge in [0.05, 0.1) is 18.8 Å². The topological polar surface area (TPSA) is 89.8 Å². The van der Waals surface area contributed by atoms with E-state index < -0.39 is 18.2 Å². The minimum absolute atomic E-state index is 0.159. The molecular formula is C44H85NO4. The maximum absolute atomic E-state index is 12.3. The van der Waals surface area contributed by atoms with Crippen molar-refractivity contribution in [3.8, 4) is 0 Å². The van der Waals surface area contributed by atoms with Gasteiger partial charge in [0.15, 0.2) is 0 Å². The smallest absolute Gasteiger partial charge is 0.220 e. The minimum Gasteiger partial charge on any atom is -0.394 e. The Balaban J connectivity index is 3.65. The van der Waals surface area contributed by atoms with Crippen molar-refractivity contribution in [1.29, 1.82) is 0 Å². The van der Waals surface area contributed by atoms with E-state index in [0.717, 1.165) is 44.9 Å². The molecule has 0 aliphatic carbocycles. The fraction of sp³-hybridized carbons (Fsp3) is 0.886. The van der Waals surface area contributed by atoms with E-state index in [2.05, 4.69) is 43.5 Å². The normalized spacial score (nSPS) is 13.8. The van der Waals surface area contributed by atoms with Crippen molar-refractivity contribution in [2.24, 2.45) is 0 Å². The molecule has 0 heterocycles. The Kier molecular flexibility index (Phi) is 38.7. The summed E-state index contributed by atoms with van der Waals surface area (Å²) in [6, 6.07) is -0.827. The minimum atomic E-state index is -1.16. The number of carbonyl (C=O) groups is 1. The summed E-state index contributed by atoms with van der Waals surface area (Å²) in [5.41, 5.74) is 0. The Morgan fingerprint density at radius 3 is 1.24 bits per heavy atom. The average Bonchev–Trinajstić information content (AvgIpc) is 3.10. The predicted molar refractivity (Wildman–Crippen MR) is 213 cm³/mol. The number of aliphatic hydroxyl groups is 3. The van der Waals surface area contributed by atoms with Gasteiger partial charge in [0.2, 0.25) is 5.91 Å². The van der Waals surface area contributed by atoms with Crippen molar-refractivity contribution < 1.29 is 20.1 Å². The first-order valence-corrected chi connectivity index (χ1v) is 21.6. The summed E-state index contributed by atoms with van der Waals surface area (Å²) < 4.78 is 0. The summed E-state index contributed by atoms with van der Waals surface area (Å²) in [6.07, 6.45) is 47.2. The number of nitrogens with one attached hydrogen (secondary N) is 1. The van der Waals surface area contributed by atoms with Crippen molar-refractivity contribution in [2.45, 2.75) is 244 Å². The molecule has 3 atom stereocenters. The van der Waals surface area contributed by atoms with E-state index in [0.29, 0.717) is 12.8 Å². The van der Waals surface area contributed by atoms with Gasteiger partial charge in [0.1, 0.15) is 6.10 Å². The zero-order valence-corrected chi connectivity index (χ0v) is 32.8. The fourth-order valence-electron chi connectivity index (χ4n) is 6.65. The van der Waals surface area contributed by atoms with E-state index in [9.17, 15) is 20.1 Å². The van der Waals surface area contributed by atoms with E-state index in [1.165, 1.54) is 154 Å². The third-order valence-electron chi connectivity index (χ3n) is 10.0. The van der Waals surface area contributed by atoms with Crippen LogP contribution < -0.4 is 5.32 Å². The first-order chi connectivity index (χ1) is 24.1. The second kappa shape index (κ2) is 39.6. The van der Waals surface area contributed by atoms with Gasteiger partial charge in [0, 0.05) is 6.42 Å². The molecule has 0 bridgehead atoms. The van der Waals surface area contributed by atoms with Crippen LogP contribution in [0.2, 0.25) is 0 Å². The molecule has 0 aliphatic rings. The van der Waals surface area contributed by atoms with Crippen LogP contribution in [0.15, 0.2) is 24.3 Å². The van der Waals surface area contributed by atoms with Gasteiger partial charge < -0.3 is 20.6 Å². The quantitative estimate of drug-likeness (QED) is 0.0381. The summed E-state index contributed by atoms with van der Waals surface area (Å²) in [7, 11) is 0. The molecule has 0 aromatic heterocycles. The molecule has 0 saturated heterocycles. The van der Waals surface area contributed by atoms with Gasteiger partial charge in [-0.05, 0) is 51.4 Å². The number of rotatable bonds is 39. The summed E-state index contributed by atoms with van der Waals surface area (Å²) in [6.45, 7) is 4.15. The Morgan fingerprint density at radius 1 is 0.490 bits per heavy atom. The Morgan fingerprint density at radius 2 is 0.837 bits per heavy atom. The number of amides is 1. The van der Waals surface area contributed by atoms with E-state index in [4.69, 9.17) is 0 Å². The van der Waals surface area contributed by atoms with Gasteiger partial charge in [-0.2, -0.15) is 0 Å². The van der Waals surface area contributed by atoms with Crippen LogP contribution in [0.4, 0.5) is 0 Å².